The monoisotopic (exact) mass is 645 g/mol. The Morgan fingerprint density at radius 2 is 1.91 bits per heavy atom. The van der Waals surface area contributed by atoms with E-state index in [1.54, 1.807) is 0 Å². The number of amides is 1. The third-order valence-electron chi connectivity index (χ3n) is 9.87. The summed E-state index contributed by atoms with van der Waals surface area (Å²) >= 11 is 6.71. The van der Waals surface area contributed by atoms with Crippen LogP contribution in [0.5, 0.6) is 6.01 Å². The van der Waals surface area contributed by atoms with Gasteiger partial charge >= 0.3 is 6.01 Å². The summed E-state index contributed by atoms with van der Waals surface area (Å²) in [5.41, 5.74) is 2.96. The first-order valence-electron chi connectivity index (χ1n) is 16.1. The summed E-state index contributed by atoms with van der Waals surface area (Å²) in [5, 5.41) is 12.3. The van der Waals surface area contributed by atoms with Gasteiger partial charge in [0.15, 0.2) is 5.83 Å². The molecule has 11 heteroatoms. The highest BCUT2D eigenvalue weighted by atomic mass is 35.5. The van der Waals surface area contributed by atoms with Crippen LogP contribution in [0.15, 0.2) is 48.8 Å². The van der Waals surface area contributed by atoms with E-state index in [1.165, 1.54) is 4.90 Å². The van der Waals surface area contributed by atoms with Crippen molar-refractivity contribution in [1.29, 1.82) is 5.26 Å². The Kier molecular flexibility index (Phi) is 9.34. The number of aromatic nitrogens is 2. The van der Waals surface area contributed by atoms with Crippen LogP contribution >= 0.6 is 11.6 Å². The molecule has 4 heterocycles. The number of fused-ring (bicyclic) bond motifs is 2. The van der Waals surface area contributed by atoms with Crippen molar-refractivity contribution in [3.8, 4) is 12.1 Å². The number of piperazine rings is 1. The predicted octanol–water partition coefficient (Wildman–Crippen LogP) is 5.62. The molecule has 3 aliphatic rings. The largest absolute Gasteiger partial charge is 0.462 e. The Balaban J connectivity index is 1.32. The van der Waals surface area contributed by atoms with Gasteiger partial charge in [-0.3, -0.25) is 9.69 Å². The van der Waals surface area contributed by atoms with E-state index < -0.39 is 17.8 Å². The molecule has 0 N–H and O–H groups in total. The van der Waals surface area contributed by atoms with Crippen molar-refractivity contribution in [2.45, 2.75) is 51.7 Å². The standard InChI is InChI=1S/C35H41ClFN7O2/c1-22(2)25-17-27(41(4)18-25)21-46-35-39-30-20-42(31-10-6-8-24-7-5-9-29(36)32(24)31)14-12-28(30)33(40-35)43-15-16-44(34(45)23(3)37)26(19-43)11-13-38/h5-10,22,25-27H,3,11-12,14-21H2,1-2,4H3/t25-,26+,27+/m1/s1. The number of anilines is 2. The summed E-state index contributed by atoms with van der Waals surface area (Å²) in [6, 6.07) is 14.4. The Bertz CT molecular complexity index is 1670. The maximum atomic E-state index is 13.9. The van der Waals surface area contributed by atoms with E-state index >= 15 is 0 Å². The van der Waals surface area contributed by atoms with Gasteiger partial charge in [-0.05, 0) is 49.2 Å². The van der Waals surface area contributed by atoms with E-state index in [9.17, 15) is 14.4 Å². The van der Waals surface area contributed by atoms with Crippen LogP contribution in [-0.4, -0.2) is 84.1 Å². The maximum absolute atomic E-state index is 13.9. The van der Waals surface area contributed by atoms with Gasteiger partial charge in [-0.2, -0.15) is 15.2 Å². The molecule has 2 aromatic carbocycles. The number of ether oxygens (including phenoxy) is 1. The molecule has 0 bridgehead atoms. The van der Waals surface area contributed by atoms with Crippen LogP contribution < -0.4 is 14.5 Å². The Morgan fingerprint density at radius 3 is 2.63 bits per heavy atom. The number of hydrogen-bond donors (Lipinski definition) is 0. The van der Waals surface area contributed by atoms with Crippen LogP contribution in [0.2, 0.25) is 5.02 Å². The van der Waals surface area contributed by atoms with Gasteiger partial charge in [0, 0.05) is 55.4 Å². The van der Waals surface area contributed by atoms with E-state index in [0.717, 1.165) is 53.0 Å². The van der Waals surface area contributed by atoms with Gasteiger partial charge in [-0.15, -0.1) is 0 Å². The number of carbonyl (C=O) groups is 1. The number of carbonyl (C=O) groups excluding carboxylic acids is 1. The van der Waals surface area contributed by atoms with Gasteiger partial charge in [-0.25, -0.2) is 4.39 Å². The molecule has 1 amide bonds. The van der Waals surface area contributed by atoms with Gasteiger partial charge in [0.05, 0.1) is 35.8 Å². The number of likely N-dealkylation sites (N-methyl/N-ethyl adjacent to an activating group) is 1. The second-order valence-corrected chi connectivity index (χ2v) is 13.5. The van der Waals surface area contributed by atoms with Crippen LogP contribution in [0.3, 0.4) is 0 Å². The van der Waals surface area contributed by atoms with Gasteiger partial charge < -0.3 is 19.4 Å². The molecule has 2 fully saturated rings. The van der Waals surface area contributed by atoms with Crippen molar-refractivity contribution in [1.82, 2.24) is 19.8 Å². The minimum Gasteiger partial charge on any atom is -0.462 e. The molecule has 46 heavy (non-hydrogen) atoms. The molecule has 1 aromatic heterocycles. The smallest absolute Gasteiger partial charge is 0.318 e. The Labute approximate surface area is 275 Å². The number of likely N-dealkylation sites (tertiary alicyclic amines) is 1. The van der Waals surface area contributed by atoms with Gasteiger partial charge in [-0.1, -0.05) is 56.3 Å². The molecule has 0 saturated carbocycles. The third-order valence-corrected chi connectivity index (χ3v) is 10.2. The zero-order valence-corrected chi connectivity index (χ0v) is 27.5. The minimum absolute atomic E-state index is 0.0762. The molecule has 0 radical (unpaired) electrons. The molecule has 0 aliphatic carbocycles. The second-order valence-electron chi connectivity index (χ2n) is 13.1. The summed E-state index contributed by atoms with van der Waals surface area (Å²) < 4.78 is 20.2. The molecular formula is C35H41ClFN7O2. The number of rotatable bonds is 8. The van der Waals surface area contributed by atoms with Crippen molar-refractivity contribution in [3.05, 3.63) is 65.1 Å². The fourth-order valence-corrected chi connectivity index (χ4v) is 7.46. The molecule has 242 valence electrons. The molecule has 6 rings (SSSR count). The van der Waals surface area contributed by atoms with Crippen LogP contribution in [0.25, 0.3) is 10.8 Å². The molecule has 2 saturated heterocycles. The van der Waals surface area contributed by atoms with Gasteiger partial charge in [0.25, 0.3) is 5.91 Å². The minimum atomic E-state index is -1.02. The first-order valence-corrected chi connectivity index (χ1v) is 16.4. The maximum Gasteiger partial charge on any atom is 0.318 e. The van der Waals surface area contributed by atoms with E-state index in [1.807, 2.05) is 18.2 Å². The number of nitriles is 1. The Hall–Kier alpha value is -3.94. The lowest BCUT2D eigenvalue weighted by atomic mass is 9.93. The highest BCUT2D eigenvalue weighted by Gasteiger charge is 2.36. The van der Waals surface area contributed by atoms with Gasteiger partial charge in [0.2, 0.25) is 0 Å². The fourth-order valence-electron chi connectivity index (χ4n) is 7.18. The average molecular weight is 646 g/mol. The van der Waals surface area contributed by atoms with Crippen molar-refractivity contribution in [3.63, 3.8) is 0 Å². The zero-order valence-electron chi connectivity index (χ0n) is 26.8. The van der Waals surface area contributed by atoms with Crippen LogP contribution in [0.1, 0.15) is 37.9 Å². The van der Waals surface area contributed by atoms with E-state index in [0.29, 0.717) is 55.5 Å². The predicted molar refractivity (Wildman–Crippen MR) is 179 cm³/mol. The number of benzene rings is 2. The topological polar surface area (TPSA) is 88.8 Å². The second kappa shape index (κ2) is 13.4. The van der Waals surface area contributed by atoms with Crippen molar-refractivity contribution in [2.24, 2.45) is 11.8 Å². The lowest BCUT2D eigenvalue weighted by Crippen LogP contribution is -2.55. The summed E-state index contributed by atoms with van der Waals surface area (Å²) in [4.78, 5) is 30.7. The number of halogens is 2. The molecule has 0 unspecified atom stereocenters. The van der Waals surface area contributed by atoms with Crippen molar-refractivity contribution < 1.29 is 13.9 Å². The normalized spacial score (nSPS) is 21.8. The SMILES string of the molecule is C=C(F)C(=O)N1CCN(c2nc(OC[C@@H]3C[C@@H](C(C)C)CN3C)nc3c2CCN(c2cccc4cccc(Cl)c24)C3)C[C@@H]1CC#N. The van der Waals surface area contributed by atoms with Crippen LogP contribution in [-0.2, 0) is 17.8 Å². The van der Waals surface area contributed by atoms with Crippen molar-refractivity contribution in [2.75, 3.05) is 56.2 Å². The highest BCUT2D eigenvalue weighted by Crippen LogP contribution is 2.37. The summed E-state index contributed by atoms with van der Waals surface area (Å²) in [7, 11) is 2.14. The van der Waals surface area contributed by atoms with Crippen LogP contribution in [0.4, 0.5) is 15.9 Å². The lowest BCUT2D eigenvalue weighted by molar-refractivity contribution is -0.131. The lowest BCUT2D eigenvalue weighted by Gasteiger charge is -2.42. The number of hydrogen-bond acceptors (Lipinski definition) is 8. The van der Waals surface area contributed by atoms with E-state index in [4.69, 9.17) is 26.3 Å². The van der Waals surface area contributed by atoms with Crippen molar-refractivity contribution >= 4 is 39.8 Å². The molecular weight excluding hydrogens is 605 g/mol. The molecule has 0 spiro atoms. The van der Waals surface area contributed by atoms with Gasteiger partial charge in [0.1, 0.15) is 12.4 Å². The zero-order chi connectivity index (χ0) is 32.5. The molecule has 3 aliphatic heterocycles. The summed E-state index contributed by atoms with van der Waals surface area (Å²) in [6.45, 7) is 11.6. The molecule has 3 atom stereocenters. The highest BCUT2D eigenvalue weighted by molar-refractivity contribution is 6.36. The first-order chi connectivity index (χ1) is 22.1. The quantitative estimate of drug-likeness (QED) is 0.292. The number of nitrogens with zero attached hydrogens (tertiary/aromatic N) is 7. The average Bonchev–Trinajstić information content (AvgIpc) is 3.43. The Morgan fingerprint density at radius 1 is 1.13 bits per heavy atom. The first kappa shape index (κ1) is 32.0. The van der Waals surface area contributed by atoms with E-state index in [2.05, 4.69) is 66.4 Å². The van der Waals surface area contributed by atoms with E-state index in [-0.39, 0.29) is 19.0 Å². The third kappa shape index (κ3) is 6.36. The van der Waals surface area contributed by atoms with Crippen LogP contribution in [0, 0.1) is 23.2 Å². The fraction of sp³-hybridized carbons (Fsp3) is 0.486. The summed E-state index contributed by atoms with van der Waals surface area (Å²) in [6.07, 6.45) is 1.83. The molecule has 3 aromatic rings. The summed E-state index contributed by atoms with van der Waals surface area (Å²) in [5.74, 6) is 0.199. The molecule has 9 nitrogen and oxygen atoms in total.